The van der Waals surface area contributed by atoms with Gasteiger partial charge in [0.2, 0.25) is 11.8 Å². The van der Waals surface area contributed by atoms with E-state index in [9.17, 15) is 0 Å². The Morgan fingerprint density at radius 2 is 1.94 bits per heavy atom. The number of aryl methyl sites for hydroxylation is 1. The lowest BCUT2D eigenvalue weighted by Crippen LogP contribution is -2.36. The highest BCUT2D eigenvalue weighted by atomic mass is 16.5. The maximum Gasteiger partial charge on any atom is 0.247 e. The monoisotopic (exact) mass is 475 g/mol. The summed E-state index contributed by atoms with van der Waals surface area (Å²) < 4.78 is 16.0. The van der Waals surface area contributed by atoms with Crippen LogP contribution in [0.4, 0.5) is 17.5 Å². The van der Waals surface area contributed by atoms with Gasteiger partial charge in [0.05, 0.1) is 19.5 Å². The number of benzene rings is 1. The fraction of sp³-hybridized carbons (Fsp3) is 0.458. The van der Waals surface area contributed by atoms with Crippen LogP contribution in [0.2, 0.25) is 0 Å². The Hall–Kier alpha value is -3.73. The molecule has 0 unspecified atom stereocenters. The number of imidazole rings is 1. The molecule has 0 spiro atoms. The third-order valence-electron chi connectivity index (χ3n) is 6.86. The largest absolute Gasteiger partial charge is 0.474 e. The van der Waals surface area contributed by atoms with Gasteiger partial charge in [-0.3, -0.25) is 0 Å². The number of nitrogens with zero attached hydrogens (tertiary/aromatic N) is 8. The number of hydrogen-bond donors (Lipinski definition) is 1. The second kappa shape index (κ2) is 9.49. The second-order valence-corrected chi connectivity index (χ2v) is 9.13. The van der Waals surface area contributed by atoms with Crippen LogP contribution in [0.5, 0.6) is 5.88 Å². The predicted molar refractivity (Wildman–Crippen MR) is 131 cm³/mol. The van der Waals surface area contributed by atoms with Crippen molar-refractivity contribution in [2.24, 2.45) is 7.05 Å². The summed E-state index contributed by atoms with van der Waals surface area (Å²) in [4.78, 5) is 11.5. The number of tetrazole rings is 1. The number of anilines is 3. The minimum Gasteiger partial charge on any atom is -0.474 e. The van der Waals surface area contributed by atoms with E-state index in [1.54, 1.807) is 11.7 Å². The average Bonchev–Trinajstić information content (AvgIpc) is 3.58. The SMILES string of the molecule is Cn1nnnc1Nc1ccc2cc(N3CCOCC3)nc(O[C@H]3CC[C@@H](n4ccnc4)CC3)c2c1. The maximum absolute atomic E-state index is 6.61. The van der Waals surface area contributed by atoms with Crippen molar-refractivity contribution in [2.45, 2.75) is 37.8 Å². The van der Waals surface area contributed by atoms with Gasteiger partial charge in [-0.1, -0.05) is 11.2 Å². The van der Waals surface area contributed by atoms with Gasteiger partial charge in [-0.05, 0) is 59.7 Å². The molecule has 182 valence electrons. The highest BCUT2D eigenvalue weighted by Crippen LogP contribution is 2.35. The van der Waals surface area contributed by atoms with E-state index in [0.717, 1.165) is 61.1 Å². The normalized spacial score (nSPS) is 20.8. The van der Waals surface area contributed by atoms with Crippen molar-refractivity contribution in [3.8, 4) is 5.88 Å². The van der Waals surface area contributed by atoms with E-state index in [0.29, 0.717) is 31.1 Å². The number of aromatic nitrogens is 7. The summed E-state index contributed by atoms with van der Waals surface area (Å²) in [6.45, 7) is 3.07. The van der Waals surface area contributed by atoms with Crippen LogP contribution in [0.3, 0.4) is 0 Å². The van der Waals surface area contributed by atoms with E-state index in [1.165, 1.54) is 0 Å². The van der Waals surface area contributed by atoms with Crippen LogP contribution in [0.1, 0.15) is 31.7 Å². The first kappa shape index (κ1) is 21.8. The van der Waals surface area contributed by atoms with Gasteiger partial charge in [0.15, 0.2) is 0 Å². The molecule has 4 heterocycles. The Morgan fingerprint density at radius 1 is 1.09 bits per heavy atom. The Labute approximate surface area is 203 Å². The topological polar surface area (TPSA) is 108 Å². The Balaban J connectivity index is 1.28. The first-order chi connectivity index (χ1) is 17.2. The molecule has 0 amide bonds. The molecule has 1 aromatic carbocycles. The second-order valence-electron chi connectivity index (χ2n) is 9.13. The van der Waals surface area contributed by atoms with Crippen molar-refractivity contribution < 1.29 is 9.47 Å². The van der Waals surface area contributed by atoms with Crippen molar-refractivity contribution in [1.82, 2.24) is 34.7 Å². The molecule has 3 aromatic heterocycles. The van der Waals surface area contributed by atoms with Crippen molar-refractivity contribution in [1.29, 1.82) is 0 Å². The molecule has 11 nitrogen and oxygen atoms in total. The molecule has 2 fully saturated rings. The fourth-order valence-electron chi connectivity index (χ4n) is 4.89. The Bertz CT molecular complexity index is 1280. The van der Waals surface area contributed by atoms with E-state index < -0.39 is 0 Å². The maximum atomic E-state index is 6.61. The molecule has 11 heteroatoms. The van der Waals surface area contributed by atoms with Gasteiger partial charge in [-0.15, -0.1) is 0 Å². The molecule has 0 radical (unpaired) electrons. The van der Waals surface area contributed by atoms with Gasteiger partial charge >= 0.3 is 0 Å². The van der Waals surface area contributed by atoms with Gasteiger partial charge < -0.3 is 24.3 Å². The zero-order valence-electron chi connectivity index (χ0n) is 19.7. The van der Waals surface area contributed by atoms with E-state index in [2.05, 4.69) is 53.5 Å². The van der Waals surface area contributed by atoms with Crippen molar-refractivity contribution in [2.75, 3.05) is 36.5 Å². The molecule has 1 saturated carbocycles. The average molecular weight is 476 g/mol. The summed E-state index contributed by atoms with van der Waals surface area (Å²) in [5.41, 5.74) is 0.880. The van der Waals surface area contributed by atoms with Crippen LogP contribution in [0.25, 0.3) is 10.8 Å². The minimum absolute atomic E-state index is 0.130. The molecule has 2 aliphatic rings. The first-order valence-electron chi connectivity index (χ1n) is 12.1. The van der Waals surface area contributed by atoms with Crippen LogP contribution in [-0.2, 0) is 11.8 Å². The van der Waals surface area contributed by atoms with Crippen molar-refractivity contribution >= 4 is 28.2 Å². The fourth-order valence-corrected chi connectivity index (χ4v) is 4.89. The molecule has 6 rings (SSSR count). The lowest BCUT2D eigenvalue weighted by Gasteiger charge is -2.31. The third kappa shape index (κ3) is 4.63. The Kier molecular flexibility index (Phi) is 5.91. The lowest BCUT2D eigenvalue weighted by atomic mass is 9.93. The number of hydrogen-bond acceptors (Lipinski definition) is 9. The molecule has 0 bridgehead atoms. The quantitative estimate of drug-likeness (QED) is 0.450. The molecule has 1 N–H and O–H groups in total. The van der Waals surface area contributed by atoms with E-state index >= 15 is 0 Å². The molecule has 0 atom stereocenters. The van der Waals surface area contributed by atoms with Crippen LogP contribution in [-0.4, -0.2) is 67.1 Å². The molecular formula is C24H29N9O2. The van der Waals surface area contributed by atoms with Gasteiger partial charge in [0.25, 0.3) is 0 Å². The summed E-state index contributed by atoms with van der Waals surface area (Å²) in [5, 5.41) is 17.0. The van der Waals surface area contributed by atoms with Crippen molar-refractivity contribution in [3.05, 3.63) is 43.0 Å². The van der Waals surface area contributed by atoms with Gasteiger partial charge in [-0.2, -0.15) is 4.98 Å². The minimum atomic E-state index is 0.130. The van der Waals surface area contributed by atoms with E-state index in [1.807, 2.05) is 24.8 Å². The zero-order chi connectivity index (χ0) is 23.6. The highest BCUT2D eigenvalue weighted by Gasteiger charge is 2.25. The molecular weight excluding hydrogens is 446 g/mol. The number of ether oxygens (including phenoxy) is 2. The predicted octanol–water partition coefficient (Wildman–Crippen LogP) is 3.10. The van der Waals surface area contributed by atoms with Crippen LogP contribution < -0.4 is 15.0 Å². The van der Waals surface area contributed by atoms with E-state index in [-0.39, 0.29) is 6.10 Å². The zero-order valence-corrected chi connectivity index (χ0v) is 19.7. The smallest absolute Gasteiger partial charge is 0.247 e. The number of pyridine rings is 1. The lowest BCUT2D eigenvalue weighted by molar-refractivity contribution is 0.121. The van der Waals surface area contributed by atoms with Crippen LogP contribution in [0.15, 0.2) is 43.0 Å². The van der Waals surface area contributed by atoms with Gasteiger partial charge in [-0.25, -0.2) is 9.67 Å². The van der Waals surface area contributed by atoms with Crippen LogP contribution in [0, 0.1) is 0 Å². The van der Waals surface area contributed by atoms with Gasteiger partial charge in [0.1, 0.15) is 11.9 Å². The first-order valence-corrected chi connectivity index (χ1v) is 12.1. The van der Waals surface area contributed by atoms with Crippen molar-refractivity contribution in [3.63, 3.8) is 0 Å². The van der Waals surface area contributed by atoms with E-state index in [4.69, 9.17) is 14.5 Å². The number of fused-ring (bicyclic) bond motifs is 1. The van der Waals surface area contributed by atoms with Gasteiger partial charge in [0, 0.05) is 49.6 Å². The Morgan fingerprint density at radius 3 is 2.69 bits per heavy atom. The molecule has 1 aliphatic heterocycles. The molecule has 1 aliphatic carbocycles. The summed E-state index contributed by atoms with van der Waals surface area (Å²) in [6.07, 6.45) is 10.0. The summed E-state index contributed by atoms with van der Waals surface area (Å²) in [6, 6.07) is 8.80. The number of morpholine rings is 1. The summed E-state index contributed by atoms with van der Waals surface area (Å²) in [7, 11) is 1.80. The summed E-state index contributed by atoms with van der Waals surface area (Å²) in [5.74, 6) is 2.18. The standard InChI is InChI=1S/C24H29N9O2/c1-31-24(28-29-30-31)26-18-3-2-17-14-22(32-10-12-34-13-11-32)27-23(21(17)15-18)35-20-6-4-19(5-7-20)33-9-8-25-16-33/h2-3,8-9,14-16,19-20H,4-7,10-13H2,1H3,(H,26,28,30)/t19-,20+. The molecule has 1 saturated heterocycles. The highest BCUT2D eigenvalue weighted by molar-refractivity contribution is 5.92. The molecule has 4 aromatic rings. The third-order valence-corrected chi connectivity index (χ3v) is 6.86. The number of rotatable bonds is 6. The number of nitrogens with one attached hydrogen (secondary N) is 1. The molecule has 35 heavy (non-hydrogen) atoms. The summed E-state index contributed by atoms with van der Waals surface area (Å²) >= 11 is 0. The van der Waals surface area contributed by atoms with Crippen LogP contribution >= 0.6 is 0 Å².